The van der Waals surface area contributed by atoms with E-state index in [4.69, 9.17) is 5.53 Å². The summed E-state index contributed by atoms with van der Waals surface area (Å²) in [5.74, 6) is 0. The van der Waals surface area contributed by atoms with Crippen LogP contribution >= 0.6 is 0 Å². The minimum absolute atomic E-state index is 0.685. The van der Waals surface area contributed by atoms with Gasteiger partial charge in [0.15, 0.2) is 0 Å². The largest absolute Gasteiger partial charge is 0.361 e. The summed E-state index contributed by atoms with van der Waals surface area (Å²) in [5.41, 5.74) is 7.73. The van der Waals surface area contributed by atoms with E-state index in [1.165, 1.54) is 0 Å². The fourth-order valence-electron chi connectivity index (χ4n) is 0.104. The second-order valence-corrected chi connectivity index (χ2v) is 0.858. The van der Waals surface area contributed by atoms with Crippen LogP contribution in [-0.2, 0) is 0 Å². The van der Waals surface area contributed by atoms with Crippen molar-refractivity contribution in [3.8, 4) is 0 Å². The highest BCUT2D eigenvalue weighted by molar-refractivity contribution is 4.95. The minimum atomic E-state index is 0.685. The van der Waals surface area contributed by atoms with Crippen LogP contribution in [0, 0.1) is 0 Å². The summed E-state index contributed by atoms with van der Waals surface area (Å²) in [6, 6.07) is 3.44. The van der Waals surface area contributed by atoms with Gasteiger partial charge in [-0.25, -0.2) is 0 Å². The zero-order valence-corrected chi connectivity index (χ0v) is 2.55. The molecule has 2 nitrogen and oxygen atoms in total. The smallest absolute Gasteiger partial charge is 0.315 e. The molecule has 0 spiro atoms. The van der Waals surface area contributed by atoms with Crippen LogP contribution < -0.4 is 5.36 Å². The summed E-state index contributed by atoms with van der Waals surface area (Å²) in [6.07, 6.45) is 0. The van der Waals surface area contributed by atoms with Gasteiger partial charge in [-0.3, -0.25) is 0 Å². The Bertz CT molecular complexity index is 141. The molecule has 0 radical (unpaired) electrons. The highest BCUT2D eigenvalue weighted by Crippen LogP contribution is 1.61. The molecular formula is C3H2N2. The first-order valence-corrected chi connectivity index (χ1v) is 1.33. The average molecular weight is 66.1 g/mol. The third-order valence-electron chi connectivity index (χ3n) is 0.431. The highest BCUT2D eigenvalue weighted by atomic mass is 14.8. The molecule has 1 rings (SSSR count). The molecule has 0 aliphatic rings. The van der Waals surface area contributed by atoms with E-state index >= 15 is 0 Å². The second-order valence-electron chi connectivity index (χ2n) is 0.858. The first kappa shape index (κ1) is 2.36. The van der Waals surface area contributed by atoms with Crippen LogP contribution in [0.15, 0.2) is 12.1 Å². The van der Waals surface area contributed by atoms with Gasteiger partial charge in [0.2, 0.25) is 0 Å². The van der Waals surface area contributed by atoms with Crippen molar-refractivity contribution in [2.24, 2.45) is 0 Å². The van der Waals surface area contributed by atoms with Gasteiger partial charge in [-0.1, -0.05) is 0 Å². The molecule has 0 saturated carbocycles. The maximum absolute atomic E-state index is 7.73. The number of hydrogen-bond acceptors (Lipinski definition) is 0. The first-order valence-electron chi connectivity index (χ1n) is 1.33. The Morgan fingerprint density at radius 3 is 2.20 bits per heavy atom. The Hall–Kier alpha value is -0.880. The number of hydrogen-bond donors (Lipinski definition) is 0. The SMILES string of the molecule is [N-]=[N+]=c1cc1. The van der Waals surface area contributed by atoms with Crippen LogP contribution in [0.25, 0.3) is 5.53 Å². The lowest BCUT2D eigenvalue weighted by Gasteiger charge is -1.26. The summed E-state index contributed by atoms with van der Waals surface area (Å²) >= 11 is 0. The van der Waals surface area contributed by atoms with Crippen LogP contribution in [0.4, 0.5) is 0 Å². The standard InChI is InChI=1S/C3H2N2/c4-5-3-1-2-3/h1-2H. The molecule has 0 saturated heterocycles. The molecule has 24 valence electrons. The topological polar surface area (TPSA) is 36.4 Å². The average Bonchev–Trinajstić information content (AvgIpc) is 2.12. The maximum Gasteiger partial charge on any atom is 0.315 e. The van der Waals surface area contributed by atoms with Crippen molar-refractivity contribution in [1.82, 2.24) is 0 Å². The molecule has 1 aromatic carbocycles. The molecule has 0 aromatic heterocycles. The predicted octanol–water partition coefficient (Wildman–Crippen LogP) is -0.307. The minimum Gasteiger partial charge on any atom is -0.361 e. The number of rotatable bonds is 0. The van der Waals surface area contributed by atoms with Crippen LogP contribution in [0.3, 0.4) is 0 Å². The van der Waals surface area contributed by atoms with Gasteiger partial charge < -0.3 is 5.53 Å². The van der Waals surface area contributed by atoms with Crippen LogP contribution in [0.2, 0.25) is 0 Å². The molecule has 0 amide bonds. The van der Waals surface area contributed by atoms with E-state index in [0.717, 1.165) is 0 Å². The fraction of sp³-hybridized carbons (Fsp3) is 0. The first-order chi connectivity index (χ1) is 2.43. The summed E-state index contributed by atoms with van der Waals surface area (Å²) < 4.78 is 0. The van der Waals surface area contributed by atoms with Crippen molar-refractivity contribution in [3.05, 3.63) is 23.0 Å². The molecule has 0 N–H and O–H groups in total. The summed E-state index contributed by atoms with van der Waals surface area (Å²) in [6.45, 7) is 0. The van der Waals surface area contributed by atoms with Crippen LogP contribution in [0.1, 0.15) is 0 Å². The maximum atomic E-state index is 7.73. The normalized spacial score (nSPS) is 8.00. The van der Waals surface area contributed by atoms with Gasteiger partial charge in [-0.15, -0.1) is 0 Å². The van der Waals surface area contributed by atoms with E-state index < -0.39 is 0 Å². The molecular weight excluding hydrogens is 64.0 g/mol. The Labute approximate surface area is 29.0 Å². The van der Waals surface area contributed by atoms with Gasteiger partial charge in [-0.2, -0.15) is 4.79 Å². The van der Waals surface area contributed by atoms with E-state index in [9.17, 15) is 0 Å². The Morgan fingerprint density at radius 2 is 2.20 bits per heavy atom. The molecule has 0 unspecified atom stereocenters. The van der Waals surface area contributed by atoms with Gasteiger partial charge in [-0.05, 0) is 0 Å². The van der Waals surface area contributed by atoms with E-state index in [0.29, 0.717) is 5.36 Å². The lowest BCUT2D eigenvalue weighted by atomic mass is 11.1. The molecule has 0 atom stereocenters. The lowest BCUT2D eigenvalue weighted by molar-refractivity contribution is -0.0593. The predicted molar refractivity (Wildman–Crippen MR) is 15.6 cm³/mol. The molecule has 0 aliphatic heterocycles. The quantitative estimate of drug-likeness (QED) is 0.294. The van der Waals surface area contributed by atoms with E-state index in [-0.39, 0.29) is 0 Å². The highest BCUT2D eigenvalue weighted by Gasteiger charge is 1.88. The van der Waals surface area contributed by atoms with Crippen molar-refractivity contribution < 1.29 is 4.79 Å². The fourth-order valence-corrected chi connectivity index (χ4v) is 0.104. The van der Waals surface area contributed by atoms with Crippen molar-refractivity contribution in [3.63, 3.8) is 0 Å². The molecule has 2 heteroatoms. The van der Waals surface area contributed by atoms with E-state index in [1.807, 2.05) is 0 Å². The van der Waals surface area contributed by atoms with Crippen molar-refractivity contribution in [2.75, 3.05) is 0 Å². The van der Waals surface area contributed by atoms with Gasteiger partial charge in [0.1, 0.15) is 0 Å². The van der Waals surface area contributed by atoms with E-state index in [1.54, 1.807) is 12.1 Å². The van der Waals surface area contributed by atoms with Gasteiger partial charge in [0, 0.05) is 12.1 Å². The molecule has 0 heterocycles. The monoisotopic (exact) mass is 66.0 g/mol. The Balaban J connectivity index is 3.49. The van der Waals surface area contributed by atoms with Crippen LogP contribution in [0.5, 0.6) is 0 Å². The third kappa shape index (κ3) is 0.231. The van der Waals surface area contributed by atoms with Crippen molar-refractivity contribution >= 4 is 0 Å². The van der Waals surface area contributed by atoms with Gasteiger partial charge >= 0.3 is 5.36 Å². The summed E-state index contributed by atoms with van der Waals surface area (Å²) in [5, 5.41) is 0.685. The summed E-state index contributed by atoms with van der Waals surface area (Å²) in [7, 11) is 0. The second kappa shape index (κ2) is 0.535. The Morgan fingerprint density at radius 1 is 1.60 bits per heavy atom. The zero-order valence-electron chi connectivity index (χ0n) is 2.55. The Kier molecular flexibility index (Phi) is 0.253. The lowest BCUT2D eigenvalue weighted by Crippen LogP contribution is -1.74. The van der Waals surface area contributed by atoms with Crippen molar-refractivity contribution in [1.29, 1.82) is 0 Å². The van der Waals surface area contributed by atoms with Crippen LogP contribution in [-0.4, -0.2) is 4.79 Å². The molecule has 5 heavy (non-hydrogen) atoms. The molecule has 0 aliphatic carbocycles. The van der Waals surface area contributed by atoms with Gasteiger partial charge in [0.25, 0.3) is 0 Å². The molecule has 0 fully saturated rings. The van der Waals surface area contributed by atoms with Gasteiger partial charge in [0.05, 0.1) is 0 Å². The van der Waals surface area contributed by atoms with E-state index in [2.05, 4.69) is 4.79 Å². The molecule has 1 aromatic rings. The van der Waals surface area contributed by atoms with Crippen molar-refractivity contribution in [2.45, 2.75) is 0 Å². The number of nitrogens with zero attached hydrogens (tertiary/aromatic N) is 2. The summed E-state index contributed by atoms with van der Waals surface area (Å²) in [4.78, 5) is 2.81. The third-order valence-corrected chi connectivity index (χ3v) is 0.431. The zero-order chi connectivity index (χ0) is 3.70. The molecule has 0 bridgehead atoms.